The second-order valence-electron chi connectivity index (χ2n) is 1.68. The van der Waals surface area contributed by atoms with Crippen molar-refractivity contribution in [3.63, 3.8) is 0 Å². The van der Waals surface area contributed by atoms with Gasteiger partial charge in [-0.25, -0.2) is 15.8 Å². The third-order valence-electron chi connectivity index (χ3n) is 0.956. The minimum Gasteiger partial charge on any atom is -0.287 e. The van der Waals surface area contributed by atoms with Gasteiger partial charge in [0.1, 0.15) is 3.70 Å². The lowest BCUT2D eigenvalue weighted by atomic mass is 10.5. The van der Waals surface area contributed by atoms with Gasteiger partial charge >= 0.3 is 5.91 Å². The number of carbonyl (C=O) groups excluding carboxylic acids is 1. The molecular formula is C5H5IN4O. The number of carbonyl (C=O) groups is 1. The molecule has 58 valence electrons. The molecule has 1 heterocycles. The summed E-state index contributed by atoms with van der Waals surface area (Å²) in [6, 6.07) is 1.69. The number of hydrogen-bond acceptors (Lipinski definition) is 4. The Kier molecular flexibility index (Phi) is 2.71. The number of aromatic nitrogens is 2. The van der Waals surface area contributed by atoms with Gasteiger partial charge in [-0.1, -0.05) is 0 Å². The largest absolute Gasteiger partial charge is 0.302 e. The Bertz CT molecular complexity index is 277. The molecule has 1 aromatic heterocycles. The van der Waals surface area contributed by atoms with Crippen molar-refractivity contribution in [3.05, 3.63) is 21.8 Å². The number of rotatable bonds is 1. The fourth-order valence-corrected chi connectivity index (χ4v) is 0.900. The van der Waals surface area contributed by atoms with E-state index in [2.05, 4.69) is 9.97 Å². The summed E-state index contributed by atoms with van der Waals surface area (Å²) in [6.45, 7) is 0. The summed E-state index contributed by atoms with van der Waals surface area (Å²) in [5.41, 5.74) is 1.94. The number of hydrazine groups is 1. The summed E-state index contributed by atoms with van der Waals surface area (Å²) in [7, 11) is 0. The predicted octanol–water partition coefficient (Wildman–Crippen LogP) is -0.315. The number of nitrogens with zero attached hydrogens (tertiary/aromatic N) is 2. The van der Waals surface area contributed by atoms with Crippen LogP contribution in [0.2, 0.25) is 0 Å². The van der Waals surface area contributed by atoms with Crippen LogP contribution >= 0.6 is 22.6 Å². The van der Waals surface area contributed by atoms with Gasteiger partial charge in [0.15, 0.2) is 0 Å². The van der Waals surface area contributed by atoms with Crippen LogP contribution in [0.5, 0.6) is 0 Å². The molecule has 3 N–H and O–H groups in total. The molecule has 5 nitrogen and oxygen atoms in total. The van der Waals surface area contributed by atoms with E-state index in [0.29, 0.717) is 3.70 Å². The Balaban J connectivity index is 2.96. The minimum absolute atomic E-state index is 0.0828. The molecule has 0 aliphatic heterocycles. The second-order valence-corrected chi connectivity index (χ2v) is 2.78. The number of amides is 1. The Morgan fingerprint density at radius 2 is 2.45 bits per heavy atom. The van der Waals surface area contributed by atoms with E-state index < -0.39 is 5.91 Å². The number of nitrogens with one attached hydrogen (secondary N) is 1. The highest BCUT2D eigenvalue weighted by Crippen LogP contribution is 1.98. The van der Waals surface area contributed by atoms with Crippen LogP contribution in [0.1, 0.15) is 10.6 Å². The molecule has 0 aliphatic carbocycles. The van der Waals surface area contributed by atoms with Crippen LogP contribution in [-0.2, 0) is 0 Å². The SMILES string of the molecule is NNC(=O)c1nccc(I)n1. The molecule has 0 saturated heterocycles. The zero-order valence-corrected chi connectivity index (χ0v) is 7.57. The Morgan fingerprint density at radius 1 is 1.73 bits per heavy atom. The molecule has 0 aliphatic rings. The maximum absolute atomic E-state index is 10.8. The Morgan fingerprint density at radius 3 is 3.00 bits per heavy atom. The second kappa shape index (κ2) is 3.58. The van der Waals surface area contributed by atoms with E-state index in [1.54, 1.807) is 6.07 Å². The topological polar surface area (TPSA) is 80.9 Å². The van der Waals surface area contributed by atoms with Gasteiger partial charge in [-0.2, -0.15) is 0 Å². The van der Waals surface area contributed by atoms with Gasteiger partial charge in [-0.3, -0.25) is 10.2 Å². The molecule has 0 radical (unpaired) electrons. The smallest absolute Gasteiger partial charge is 0.287 e. The summed E-state index contributed by atoms with van der Waals surface area (Å²) in [6.07, 6.45) is 1.50. The minimum atomic E-state index is -0.483. The Labute approximate surface area is 76.5 Å². The highest BCUT2D eigenvalue weighted by Gasteiger charge is 2.05. The molecule has 1 amide bonds. The first kappa shape index (κ1) is 8.34. The van der Waals surface area contributed by atoms with Crippen LogP contribution in [0.15, 0.2) is 12.3 Å². The van der Waals surface area contributed by atoms with E-state index >= 15 is 0 Å². The summed E-state index contributed by atoms with van der Waals surface area (Å²) in [5.74, 6) is 4.47. The van der Waals surface area contributed by atoms with Crippen molar-refractivity contribution in [1.29, 1.82) is 0 Å². The van der Waals surface area contributed by atoms with Gasteiger partial charge in [0.05, 0.1) is 0 Å². The summed E-state index contributed by atoms with van der Waals surface area (Å²) in [5, 5.41) is 0. The predicted molar refractivity (Wildman–Crippen MR) is 46.4 cm³/mol. The highest BCUT2D eigenvalue weighted by atomic mass is 127. The highest BCUT2D eigenvalue weighted by molar-refractivity contribution is 14.1. The van der Waals surface area contributed by atoms with Gasteiger partial charge in [0, 0.05) is 6.20 Å². The zero-order valence-electron chi connectivity index (χ0n) is 5.41. The normalized spacial score (nSPS) is 9.27. The van der Waals surface area contributed by atoms with Crippen molar-refractivity contribution >= 4 is 28.5 Å². The standard InChI is InChI=1S/C5H5IN4O/c6-3-1-2-8-4(9-3)5(11)10-7/h1-2H,7H2,(H,10,11). The van der Waals surface area contributed by atoms with Crippen molar-refractivity contribution in [2.24, 2.45) is 5.84 Å². The molecule has 0 saturated carbocycles. The number of nitrogens with two attached hydrogens (primary N) is 1. The number of nitrogen functional groups attached to an aromatic ring is 1. The number of hydrogen-bond donors (Lipinski definition) is 2. The third kappa shape index (κ3) is 2.09. The van der Waals surface area contributed by atoms with E-state index in [1.165, 1.54) is 6.20 Å². The lowest BCUT2D eigenvalue weighted by Gasteiger charge is -1.96. The van der Waals surface area contributed by atoms with E-state index in [-0.39, 0.29) is 5.82 Å². The molecule has 0 fully saturated rings. The van der Waals surface area contributed by atoms with E-state index in [1.807, 2.05) is 28.0 Å². The van der Waals surface area contributed by atoms with Crippen LogP contribution in [0, 0.1) is 3.70 Å². The quantitative estimate of drug-likeness (QED) is 0.239. The van der Waals surface area contributed by atoms with Crippen LogP contribution in [0.25, 0.3) is 0 Å². The first-order valence-corrected chi connectivity index (χ1v) is 3.81. The molecule has 0 bridgehead atoms. The van der Waals surface area contributed by atoms with Crippen molar-refractivity contribution < 1.29 is 4.79 Å². The van der Waals surface area contributed by atoms with Crippen molar-refractivity contribution in [1.82, 2.24) is 15.4 Å². The summed E-state index contributed by atoms with van der Waals surface area (Å²) >= 11 is 1.98. The van der Waals surface area contributed by atoms with Gasteiger partial charge in [-0.05, 0) is 28.7 Å². The van der Waals surface area contributed by atoms with E-state index in [0.717, 1.165) is 0 Å². The zero-order chi connectivity index (χ0) is 8.27. The lowest BCUT2D eigenvalue weighted by molar-refractivity contribution is 0.0943. The fourth-order valence-electron chi connectivity index (χ4n) is 0.511. The molecule has 6 heteroatoms. The van der Waals surface area contributed by atoms with Crippen molar-refractivity contribution in [2.45, 2.75) is 0 Å². The van der Waals surface area contributed by atoms with E-state index in [9.17, 15) is 4.79 Å². The van der Waals surface area contributed by atoms with Gasteiger partial charge in [0.25, 0.3) is 0 Å². The maximum Gasteiger partial charge on any atom is 0.302 e. The van der Waals surface area contributed by atoms with Gasteiger partial charge in [0.2, 0.25) is 5.82 Å². The molecule has 1 rings (SSSR count). The third-order valence-corrected chi connectivity index (χ3v) is 1.56. The lowest BCUT2D eigenvalue weighted by Crippen LogP contribution is -2.31. The average molecular weight is 264 g/mol. The van der Waals surface area contributed by atoms with Gasteiger partial charge in [-0.15, -0.1) is 0 Å². The van der Waals surface area contributed by atoms with Crippen molar-refractivity contribution in [3.8, 4) is 0 Å². The first-order valence-electron chi connectivity index (χ1n) is 2.73. The molecule has 0 aromatic carbocycles. The summed E-state index contributed by atoms with van der Waals surface area (Å²) < 4.78 is 0.705. The molecular weight excluding hydrogens is 259 g/mol. The van der Waals surface area contributed by atoms with Crippen molar-refractivity contribution in [2.75, 3.05) is 0 Å². The van der Waals surface area contributed by atoms with Crippen LogP contribution in [0.3, 0.4) is 0 Å². The molecule has 1 aromatic rings. The van der Waals surface area contributed by atoms with E-state index in [4.69, 9.17) is 5.84 Å². The maximum atomic E-state index is 10.8. The van der Waals surface area contributed by atoms with Crippen LogP contribution in [-0.4, -0.2) is 15.9 Å². The van der Waals surface area contributed by atoms with Crippen LogP contribution < -0.4 is 11.3 Å². The van der Waals surface area contributed by atoms with Crippen LogP contribution in [0.4, 0.5) is 0 Å². The summed E-state index contributed by atoms with van der Waals surface area (Å²) in [4.78, 5) is 18.3. The fraction of sp³-hybridized carbons (Fsp3) is 0. The monoisotopic (exact) mass is 264 g/mol. The average Bonchev–Trinajstić information content (AvgIpc) is 2.03. The van der Waals surface area contributed by atoms with Gasteiger partial charge < -0.3 is 0 Å². The first-order chi connectivity index (χ1) is 5.24. The molecule has 11 heavy (non-hydrogen) atoms. The molecule has 0 atom stereocenters. The number of halogens is 1. The molecule has 0 spiro atoms. The molecule has 0 unspecified atom stereocenters. The Hall–Kier alpha value is -0.760.